The van der Waals surface area contributed by atoms with Crippen LogP contribution in [0.5, 0.6) is 0 Å². The van der Waals surface area contributed by atoms with Crippen LogP contribution in [0.1, 0.15) is 43.5 Å². The number of para-hydroxylation sites is 1. The van der Waals surface area contributed by atoms with Crippen LogP contribution in [0.15, 0.2) is 18.2 Å². The molecular weight excluding hydrogens is 278 g/mol. The van der Waals surface area contributed by atoms with Crippen molar-refractivity contribution < 1.29 is 14.6 Å². The Morgan fingerprint density at radius 2 is 2.18 bits per heavy atom. The van der Waals surface area contributed by atoms with E-state index in [1.54, 1.807) is 0 Å². The SMILES string of the molecule is CCc1cccc2c3c(n(C)c12)[C@@](CC)(CC(=O)O)OCC3. The predicted molar refractivity (Wildman–Crippen MR) is 86.2 cm³/mol. The summed E-state index contributed by atoms with van der Waals surface area (Å²) in [6, 6.07) is 6.40. The Morgan fingerprint density at radius 1 is 1.41 bits per heavy atom. The summed E-state index contributed by atoms with van der Waals surface area (Å²) in [5, 5.41) is 10.6. The van der Waals surface area contributed by atoms with Crippen LogP contribution in [0.3, 0.4) is 0 Å². The lowest BCUT2D eigenvalue weighted by Gasteiger charge is -2.37. The Morgan fingerprint density at radius 3 is 2.82 bits per heavy atom. The standard InChI is InChI=1S/C18H23NO3/c1-4-12-7-6-8-13-14-9-10-22-18(5-2,11-15(20)21)17(14)19(3)16(12)13/h6-8H,4-5,9-11H2,1-3H3,(H,20,21)/t18-/m1/s1. The average molecular weight is 301 g/mol. The monoisotopic (exact) mass is 301 g/mol. The first kappa shape index (κ1) is 15.1. The lowest BCUT2D eigenvalue weighted by Crippen LogP contribution is -2.38. The molecule has 2 heterocycles. The number of hydrogen-bond acceptors (Lipinski definition) is 2. The van der Waals surface area contributed by atoms with E-state index in [0.29, 0.717) is 13.0 Å². The quantitative estimate of drug-likeness (QED) is 0.941. The zero-order valence-corrected chi connectivity index (χ0v) is 13.5. The minimum absolute atomic E-state index is 0.0160. The molecule has 2 aromatic rings. The van der Waals surface area contributed by atoms with E-state index in [1.807, 2.05) is 14.0 Å². The molecule has 4 nitrogen and oxygen atoms in total. The number of aliphatic carboxylic acids is 1. The summed E-state index contributed by atoms with van der Waals surface area (Å²) in [4.78, 5) is 11.4. The number of aromatic nitrogens is 1. The van der Waals surface area contributed by atoms with E-state index in [9.17, 15) is 9.90 Å². The van der Waals surface area contributed by atoms with E-state index in [4.69, 9.17) is 4.74 Å². The van der Waals surface area contributed by atoms with Crippen LogP contribution in [0.25, 0.3) is 10.9 Å². The van der Waals surface area contributed by atoms with Gasteiger partial charge in [0.25, 0.3) is 0 Å². The van der Waals surface area contributed by atoms with Gasteiger partial charge in [0, 0.05) is 12.4 Å². The first-order valence-corrected chi connectivity index (χ1v) is 7.99. The molecule has 0 saturated carbocycles. The fraction of sp³-hybridized carbons (Fsp3) is 0.500. The van der Waals surface area contributed by atoms with Crippen molar-refractivity contribution in [1.29, 1.82) is 0 Å². The van der Waals surface area contributed by atoms with Crippen molar-refractivity contribution in [1.82, 2.24) is 4.57 Å². The first-order valence-electron chi connectivity index (χ1n) is 7.99. The lowest BCUT2D eigenvalue weighted by atomic mass is 9.86. The van der Waals surface area contributed by atoms with Crippen molar-refractivity contribution in [3.8, 4) is 0 Å². The number of ether oxygens (including phenoxy) is 1. The van der Waals surface area contributed by atoms with Crippen molar-refractivity contribution in [2.75, 3.05) is 6.61 Å². The second-order valence-corrected chi connectivity index (χ2v) is 6.07. The van der Waals surface area contributed by atoms with E-state index in [-0.39, 0.29) is 6.42 Å². The van der Waals surface area contributed by atoms with Crippen molar-refractivity contribution in [3.63, 3.8) is 0 Å². The van der Waals surface area contributed by atoms with Gasteiger partial charge in [0.1, 0.15) is 5.60 Å². The van der Waals surface area contributed by atoms with Gasteiger partial charge in [-0.2, -0.15) is 0 Å². The largest absolute Gasteiger partial charge is 0.481 e. The van der Waals surface area contributed by atoms with Crippen LogP contribution in [-0.4, -0.2) is 22.2 Å². The molecule has 0 aliphatic carbocycles. The number of carboxylic acids is 1. The highest BCUT2D eigenvalue weighted by molar-refractivity contribution is 5.89. The molecule has 0 spiro atoms. The molecule has 0 saturated heterocycles. The number of carboxylic acid groups (broad SMARTS) is 1. The van der Waals surface area contributed by atoms with Gasteiger partial charge >= 0.3 is 5.97 Å². The smallest absolute Gasteiger partial charge is 0.306 e. The van der Waals surface area contributed by atoms with Crippen LogP contribution in [-0.2, 0) is 35.0 Å². The molecule has 0 unspecified atom stereocenters. The van der Waals surface area contributed by atoms with Crippen molar-refractivity contribution in [3.05, 3.63) is 35.0 Å². The van der Waals surface area contributed by atoms with Gasteiger partial charge in [0.05, 0.1) is 24.2 Å². The second-order valence-electron chi connectivity index (χ2n) is 6.07. The van der Waals surface area contributed by atoms with Gasteiger partial charge in [-0.25, -0.2) is 0 Å². The van der Waals surface area contributed by atoms with E-state index < -0.39 is 11.6 Å². The van der Waals surface area contributed by atoms with Crippen LogP contribution in [0.4, 0.5) is 0 Å². The molecule has 118 valence electrons. The number of nitrogens with zero attached hydrogens (tertiary/aromatic N) is 1. The van der Waals surface area contributed by atoms with E-state index >= 15 is 0 Å². The minimum Gasteiger partial charge on any atom is -0.481 e. The van der Waals surface area contributed by atoms with Crippen molar-refractivity contribution >= 4 is 16.9 Å². The van der Waals surface area contributed by atoms with Crippen molar-refractivity contribution in [2.24, 2.45) is 7.05 Å². The highest BCUT2D eigenvalue weighted by Crippen LogP contribution is 2.43. The number of carbonyl (C=O) groups is 1. The zero-order valence-electron chi connectivity index (χ0n) is 13.5. The molecule has 1 aliphatic rings. The summed E-state index contributed by atoms with van der Waals surface area (Å²) in [6.07, 6.45) is 2.49. The summed E-state index contributed by atoms with van der Waals surface area (Å²) in [5.41, 5.74) is 4.14. The minimum atomic E-state index is -0.810. The van der Waals surface area contributed by atoms with E-state index in [2.05, 4.69) is 29.7 Å². The predicted octanol–water partition coefficient (Wildman–Crippen LogP) is 3.39. The van der Waals surface area contributed by atoms with E-state index in [1.165, 1.54) is 22.0 Å². The number of fused-ring (bicyclic) bond motifs is 3. The fourth-order valence-corrected chi connectivity index (χ4v) is 3.98. The molecule has 1 aliphatic heterocycles. The maximum absolute atomic E-state index is 11.4. The summed E-state index contributed by atoms with van der Waals surface area (Å²) < 4.78 is 8.21. The molecular formula is C18H23NO3. The molecule has 1 atom stereocenters. The molecule has 3 rings (SSSR count). The van der Waals surface area contributed by atoms with Crippen LogP contribution >= 0.6 is 0 Å². The molecule has 22 heavy (non-hydrogen) atoms. The number of hydrogen-bond donors (Lipinski definition) is 1. The van der Waals surface area contributed by atoms with Gasteiger partial charge in [0.2, 0.25) is 0 Å². The summed E-state index contributed by atoms with van der Waals surface area (Å²) in [6.45, 7) is 4.75. The Labute approximate surface area is 130 Å². The Bertz CT molecular complexity index is 731. The molecule has 1 N–H and O–H groups in total. The summed E-state index contributed by atoms with van der Waals surface area (Å²) >= 11 is 0. The molecule has 0 radical (unpaired) electrons. The normalized spacial score (nSPS) is 21.0. The zero-order chi connectivity index (χ0) is 15.9. The Kier molecular flexibility index (Phi) is 3.73. The van der Waals surface area contributed by atoms with Gasteiger partial charge < -0.3 is 14.4 Å². The number of rotatable bonds is 4. The second kappa shape index (κ2) is 5.43. The number of benzene rings is 1. The molecule has 1 aromatic carbocycles. The third kappa shape index (κ3) is 2.05. The van der Waals surface area contributed by atoms with Gasteiger partial charge in [-0.05, 0) is 30.4 Å². The third-order valence-corrected chi connectivity index (χ3v) is 4.95. The van der Waals surface area contributed by atoms with Crippen molar-refractivity contribution in [2.45, 2.75) is 45.1 Å². The molecule has 1 aromatic heterocycles. The molecule has 0 amide bonds. The first-order chi connectivity index (χ1) is 10.5. The van der Waals surface area contributed by atoms with Gasteiger partial charge in [-0.15, -0.1) is 0 Å². The van der Waals surface area contributed by atoms with Gasteiger partial charge in [-0.3, -0.25) is 4.79 Å². The van der Waals surface area contributed by atoms with Gasteiger partial charge in [0.15, 0.2) is 0 Å². The Balaban J connectivity index is 2.33. The Hall–Kier alpha value is -1.81. The summed E-state index contributed by atoms with van der Waals surface area (Å²) in [7, 11) is 2.04. The van der Waals surface area contributed by atoms with Crippen LogP contribution in [0, 0.1) is 0 Å². The van der Waals surface area contributed by atoms with Gasteiger partial charge in [-0.1, -0.05) is 32.0 Å². The fourth-order valence-electron chi connectivity index (χ4n) is 3.98. The number of aryl methyl sites for hydroxylation is 2. The van der Waals surface area contributed by atoms with Crippen LogP contribution in [0.2, 0.25) is 0 Å². The highest BCUT2D eigenvalue weighted by atomic mass is 16.5. The molecule has 4 heteroatoms. The highest BCUT2D eigenvalue weighted by Gasteiger charge is 2.42. The summed E-state index contributed by atoms with van der Waals surface area (Å²) in [5.74, 6) is -0.810. The average Bonchev–Trinajstić information content (AvgIpc) is 2.81. The maximum atomic E-state index is 11.4. The van der Waals surface area contributed by atoms with Crippen LogP contribution < -0.4 is 0 Å². The van der Waals surface area contributed by atoms with E-state index in [0.717, 1.165) is 18.5 Å². The molecule has 0 fully saturated rings. The molecule has 0 bridgehead atoms. The lowest BCUT2D eigenvalue weighted by molar-refractivity contribution is -0.149. The topological polar surface area (TPSA) is 51.5 Å². The maximum Gasteiger partial charge on any atom is 0.306 e. The third-order valence-electron chi connectivity index (χ3n) is 4.95.